The van der Waals surface area contributed by atoms with Crippen molar-refractivity contribution in [2.75, 3.05) is 24.3 Å². The summed E-state index contributed by atoms with van der Waals surface area (Å²) >= 11 is 0. The zero-order valence-electron chi connectivity index (χ0n) is 14.7. The van der Waals surface area contributed by atoms with Crippen LogP contribution in [0, 0.1) is 11.6 Å². The van der Waals surface area contributed by atoms with Crippen LogP contribution in [0.15, 0.2) is 36.4 Å². The first-order valence-electron chi connectivity index (χ1n) is 7.93. The fraction of sp³-hybridized carbons (Fsp3) is 0.222. The Kier molecular flexibility index (Phi) is 6.67. The van der Waals surface area contributed by atoms with Crippen molar-refractivity contribution < 1.29 is 28.2 Å². The smallest absolute Gasteiger partial charge is 0.319 e. The highest BCUT2D eigenvalue weighted by Gasteiger charge is 2.13. The summed E-state index contributed by atoms with van der Waals surface area (Å²) in [6.45, 7) is 1.15. The third kappa shape index (κ3) is 5.65. The second kappa shape index (κ2) is 8.95. The van der Waals surface area contributed by atoms with Gasteiger partial charge in [0.05, 0.1) is 18.9 Å². The molecule has 2 aromatic rings. The molecule has 0 fully saturated rings. The van der Waals surface area contributed by atoms with Gasteiger partial charge < -0.3 is 25.8 Å². The van der Waals surface area contributed by atoms with E-state index in [2.05, 4.69) is 16.0 Å². The van der Waals surface area contributed by atoms with E-state index in [0.717, 1.165) is 12.1 Å². The lowest BCUT2D eigenvalue weighted by Crippen LogP contribution is -2.32. The highest BCUT2D eigenvalue weighted by atomic mass is 19.2. The van der Waals surface area contributed by atoms with Crippen molar-refractivity contribution in [3.05, 3.63) is 53.6 Å². The molecule has 1 unspecified atom stereocenters. The van der Waals surface area contributed by atoms with Gasteiger partial charge in [-0.05, 0) is 29.8 Å². The first-order chi connectivity index (χ1) is 12.8. The molecular formula is C18H19F2N3O4. The molecule has 0 heterocycles. The predicted molar refractivity (Wildman–Crippen MR) is 95.6 cm³/mol. The van der Waals surface area contributed by atoms with Crippen molar-refractivity contribution in [2.24, 2.45) is 0 Å². The number of urea groups is 1. The van der Waals surface area contributed by atoms with Gasteiger partial charge in [-0.1, -0.05) is 6.07 Å². The number of amides is 3. The van der Waals surface area contributed by atoms with Crippen LogP contribution in [0.3, 0.4) is 0 Å². The number of methoxy groups -OCH3 is 1. The Balaban J connectivity index is 1.95. The first-order valence-corrected chi connectivity index (χ1v) is 7.93. The number of hydrogen-bond donors (Lipinski definition) is 4. The summed E-state index contributed by atoms with van der Waals surface area (Å²) in [5, 5.41) is 17.5. The molecule has 0 aliphatic rings. The van der Waals surface area contributed by atoms with E-state index in [-0.39, 0.29) is 18.0 Å². The van der Waals surface area contributed by atoms with Crippen molar-refractivity contribution in [1.82, 2.24) is 5.32 Å². The molecule has 9 heteroatoms. The van der Waals surface area contributed by atoms with Crippen molar-refractivity contribution >= 4 is 23.3 Å². The van der Waals surface area contributed by atoms with Gasteiger partial charge in [-0.25, -0.2) is 13.6 Å². The van der Waals surface area contributed by atoms with Gasteiger partial charge in [0, 0.05) is 25.2 Å². The fourth-order valence-corrected chi connectivity index (χ4v) is 2.26. The van der Waals surface area contributed by atoms with Crippen molar-refractivity contribution in [2.45, 2.75) is 13.0 Å². The Labute approximate surface area is 154 Å². The van der Waals surface area contributed by atoms with Crippen molar-refractivity contribution in [3.63, 3.8) is 0 Å². The maximum absolute atomic E-state index is 13.2. The van der Waals surface area contributed by atoms with Crippen LogP contribution in [0.4, 0.5) is 25.0 Å². The number of carbonyl (C=O) groups is 2. The average molecular weight is 379 g/mol. The summed E-state index contributed by atoms with van der Waals surface area (Å²) in [6, 6.07) is 7.00. The van der Waals surface area contributed by atoms with Gasteiger partial charge >= 0.3 is 6.03 Å². The minimum atomic E-state index is -1.21. The first kappa shape index (κ1) is 20.1. The molecule has 7 nitrogen and oxygen atoms in total. The topological polar surface area (TPSA) is 99.7 Å². The van der Waals surface area contributed by atoms with Crippen LogP contribution in [0.1, 0.15) is 18.6 Å². The third-order valence-electron chi connectivity index (χ3n) is 3.55. The second-order valence-electron chi connectivity index (χ2n) is 5.62. The number of anilines is 2. The Morgan fingerprint density at radius 2 is 1.85 bits per heavy atom. The number of hydrogen-bond acceptors (Lipinski definition) is 4. The molecule has 0 radical (unpaired) electrons. The van der Waals surface area contributed by atoms with Gasteiger partial charge in [0.15, 0.2) is 11.6 Å². The Morgan fingerprint density at radius 1 is 1.11 bits per heavy atom. The molecule has 0 saturated carbocycles. The summed E-state index contributed by atoms with van der Waals surface area (Å²) < 4.78 is 31.2. The van der Waals surface area contributed by atoms with Crippen LogP contribution < -0.4 is 20.7 Å². The molecule has 2 rings (SSSR count). The van der Waals surface area contributed by atoms with Crippen LogP contribution in [-0.4, -0.2) is 30.7 Å². The highest BCUT2D eigenvalue weighted by molar-refractivity contribution is 5.93. The lowest BCUT2D eigenvalue weighted by atomic mass is 10.1. The van der Waals surface area contributed by atoms with E-state index < -0.39 is 23.8 Å². The molecule has 2 aromatic carbocycles. The molecule has 0 aliphatic carbocycles. The number of nitrogens with one attached hydrogen (secondary N) is 3. The number of carbonyl (C=O) groups excluding carboxylic acids is 2. The SMILES string of the molecule is COc1cc(NC(=O)NCC(O)c2ccc(F)c(F)c2)ccc1NC(C)=O. The largest absolute Gasteiger partial charge is 0.494 e. The summed E-state index contributed by atoms with van der Waals surface area (Å²) in [5.41, 5.74) is 0.973. The molecular weight excluding hydrogens is 360 g/mol. The van der Waals surface area contributed by atoms with E-state index in [4.69, 9.17) is 4.74 Å². The number of benzene rings is 2. The van der Waals surface area contributed by atoms with Gasteiger partial charge in [-0.3, -0.25) is 4.79 Å². The van der Waals surface area contributed by atoms with Crippen LogP contribution in [0.25, 0.3) is 0 Å². The zero-order chi connectivity index (χ0) is 20.0. The number of aliphatic hydroxyl groups excluding tert-OH is 1. The van der Waals surface area contributed by atoms with E-state index in [0.29, 0.717) is 17.1 Å². The molecule has 0 spiro atoms. The molecule has 0 saturated heterocycles. The molecule has 3 amide bonds. The van der Waals surface area contributed by atoms with Gasteiger partial charge in [0.1, 0.15) is 5.75 Å². The molecule has 27 heavy (non-hydrogen) atoms. The van der Waals surface area contributed by atoms with Crippen molar-refractivity contribution in [1.29, 1.82) is 0 Å². The molecule has 144 valence electrons. The molecule has 0 aliphatic heterocycles. The Morgan fingerprint density at radius 3 is 2.48 bits per heavy atom. The lowest BCUT2D eigenvalue weighted by molar-refractivity contribution is -0.114. The summed E-state index contributed by atoms with van der Waals surface area (Å²) in [4.78, 5) is 23.1. The normalized spacial score (nSPS) is 11.4. The van der Waals surface area contributed by atoms with Crippen LogP contribution in [0.2, 0.25) is 0 Å². The van der Waals surface area contributed by atoms with Crippen LogP contribution in [-0.2, 0) is 4.79 Å². The number of ether oxygens (including phenoxy) is 1. The summed E-state index contributed by atoms with van der Waals surface area (Å²) in [6.07, 6.45) is -1.21. The van der Waals surface area contributed by atoms with E-state index >= 15 is 0 Å². The van der Waals surface area contributed by atoms with E-state index in [1.54, 1.807) is 12.1 Å². The monoisotopic (exact) mass is 379 g/mol. The quantitative estimate of drug-likeness (QED) is 0.620. The summed E-state index contributed by atoms with van der Waals surface area (Å²) in [7, 11) is 1.42. The number of aliphatic hydroxyl groups is 1. The molecule has 4 N–H and O–H groups in total. The third-order valence-corrected chi connectivity index (χ3v) is 3.55. The second-order valence-corrected chi connectivity index (χ2v) is 5.62. The van der Waals surface area contributed by atoms with E-state index in [1.165, 1.54) is 26.2 Å². The Bertz CT molecular complexity index is 845. The predicted octanol–water partition coefficient (Wildman–Crippen LogP) is 2.79. The van der Waals surface area contributed by atoms with Crippen LogP contribution >= 0.6 is 0 Å². The number of rotatable bonds is 6. The van der Waals surface area contributed by atoms with E-state index in [9.17, 15) is 23.5 Å². The highest BCUT2D eigenvalue weighted by Crippen LogP contribution is 2.27. The van der Waals surface area contributed by atoms with Crippen molar-refractivity contribution in [3.8, 4) is 5.75 Å². The molecule has 0 bridgehead atoms. The molecule has 0 aromatic heterocycles. The number of halogens is 2. The fourth-order valence-electron chi connectivity index (χ4n) is 2.26. The minimum Gasteiger partial charge on any atom is -0.494 e. The lowest BCUT2D eigenvalue weighted by Gasteiger charge is -2.14. The Hall–Kier alpha value is -3.20. The maximum atomic E-state index is 13.2. The minimum absolute atomic E-state index is 0.135. The average Bonchev–Trinajstić information content (AvgIpc) is 2.62. The van der Waals surface area contributed by atoms with Gasteiger partial charge in [-0.15, -0.1) is 0 Å². The zero-order valence-corrected chi connectivity index (χ0v) is 14.7. The van der Waals surface area contributed by atoms with Gasteiger partial charge in [-0.2, -0.15) is 0 Å². The maximum Gasteiger partial charge on any atom is 0.319 e. The standard InChI is InChI=1S/C18H19F2N3O4/c1-10(24)22-15-6-4-12(8-17(15)27-2)23-18(26)21-9-16(25)11-3-5-13(19)14(20)7-11/h3-8,16,25H,9H2,1-2H3,(H,22,24)(H2,21,23,26). The summed E-state index contributed by atoms with van der Waals surface area (Å²) in [5.74, 6) is -2.02. The van der Waals surface area contributed by atoms with Crippen LogP contribution in [0.5, 0.6) is 5.75 Å². The molecule has 1 atom stereocenters. The van der Waals surface area contributed by atoms with E-state index in [1.807, 2.05) is 0 Å². The van der Waals surface area contributed by atoms with Gasteiger partial charge in [0.2, 0.25) is 5.91 Å². The van der Waals surface area contributed by atoms with Gasteiger partial charge in [0.25, 0.3) is 0 Å².